The van der Waals surface area contributed by atoms with E-state index in [-0.39, 0.29) is 18.9 Å². The van der Waals surface area contributed by atoms with Crippen LogP contribution in [0.3, 0.4) is 0 Å². The van der Waals surface area contributed by atoms with Crippen LogP contribution in [0.2, 0.25) is 0 Å². The van der Waals surface area contributed by atoms with Crippen LogP contribution in [0.25, 0.3) is 10.9 Å². The van der Waals surface area contributed by atoms with Crippen LogP contribution >= 0.6 is 23.1 Å². The van der Waals surface area contributed by atoms with Gasteiger partial charge in [-0.3, -0.25) is 9.59 Å². The van der Waals surface area contributed by atoms with Gasteiger partial charge in [0, 0.05) is 40.0 Å². The number of aromatic nitrogens is 1. The van der Waals surface area contributed by atoms with E-state index in [1.807, 2.05) is 30.3 Å². The lowest BCUT2D eigenvalue weighted by Gasteiger charge is -2.06. The summed E-state index contributed by atoms with van der Waals surface area (Å²) < 4.78 is 5.07. The SMILES string of the molecule is O=C(COC(=O)Cc1c[nH]c2ccccc12)NCCSCc1cccs1. The molecule has 0 aliphatic rings. The standard InChI is InChI=1S/C19H20N2O3S2/c22-18(20-7-9-25-13-15-4-3-8-26-15)12-24-19(23)10-14-11-21-17-6-2-1-5-16(14)17/h1-6,8,11,21H,7,9-10,12-13H2,(H,20,22). The fourth-order valence-electron chi connectivity index (χ4n) is 2.51. The Morgan fingerprint density at radius 2 is 2.08 bits per heavy atom. The molecule has 2 N–H and O–H groups in total. The van der Waals surface area contributed by atoms with Gasteiger partial charge in [-0.2, -0.15) is 11.8 Å². The Hall–Kier alpha value is -2.25. The third-order valence-corrected chi connectivity index (χ3v) is 5.83. The van der Waals surface area contributed by atoms with E-state index in [0.29, 0.717) is 6.54 Å². The van der Waals surface area contributed by atoms with Gasteiger partial charge >= 0.3 is 5.97 Å². The number of H-pyrrole nitrogens is 1. The maximum Gasteiger partial charge on any atom is 0.310 e. The first kappa shape index (κ1) is 18.5. The maximum atomic E-state index is 11.9. The average Bonchev–Trinajstić information content (AvgIpc) is 3.30. The molecule has 0 aliphatic heterocycles. The van der Waals surface area contributed by atoms with Gasteiger partial charge in [0.05, 0.1) is 6.42 Å². The fraction of sp³-hybridized carbons (Fsp3) is 0.263. The molecular formula is C19H20N2O3S2. The highest BCUT2D eigenvalue weighted by Crippen LogP contribution is 2.18. The lowest BCUT2D eigenvalue weighted by molar-refractivity contribution is -0.147. The molecule has 26 heavy (non-hydrogen) atoms. The van der Waals surface area contributed by atoms with Crippen LogP contribution in [0.5, 0.6) is 0 Å². The molecule has 0 saturated carbocycles. The Morgan fingerprint density at radius 3 is 2.92 bits per heavy atom. The number of thioether (sulfide) groups is 1. The number of carbonyl (C=O) groups excluding carboxylic acids is 2. The van der Waals surface area contributed by atoms with E-state index < -0.39 is 5.97 Å². The molecule has 7 heteroatoms. The number of hydrogen-bond donors (Lipinski definition) is 2. The van der Waals surface area contributed by atoms with Crippen molar-refractivity contribution in [1.29, 1.82) is 0 Å². The van der Waals surface area contributed by atoms with Gasteiger partial charge in [0.15, 0.2) is 6.61 Å². The van der Waals surface area contributed by atoms with E-state index in [1.165, 1.54) is 4.88 Å². The van der Waals surface area contributed by atoms with Crippen LogP contribution in [0.15, 0.2) is 48.0 Å². The van der Waals surface area contributed by atoms with Crippen LogP contribution in [0, 0.1) is 0 Å². The second-order valence-corrected chi connectivity index (χ2v) is 7.82. The zero-order valence-corrected chi connectivity index (χ0v) is 15.8. The van der Waals surface area contributed by atoms with Crippen molar-refractivity contribution in [2.45, 2.75) is 12.2 Å². The minimum atomic E-state index is -0.406. The molecule has 0 aliphatic carbocycles. The summed E-state index contributed by atoms with van der Waals surface area (Å²) in [5.41, 5.74) is 1.85. The number of esters is 1. The summed E-state index contributed by atoms with van der Waals surface area (Å²) >= 11 is 3.50. The molecule has 3 rings (SSSR count). The number of amides is 1. The largest absolute Gasteiger partial charge is 0.455 e. The number of thiophene rings is 1. The van der Waals surface area contributed by atoms with Crippen molar-refractivity contribution in [2.75, 3.05) is 18.9 Å². The molecule has 2 aromatic heterocycles. The molecule has 0 saturated heterocycles. The Balaban J connectivity index is 1.32. The highest BCUT2D eigenvalue weighted by atomic mass is 32.2. The highest BCUT2D eigenvalue weighted by molar-refractivity contribution is 7.98. The zero-order valence-electron chi connectivity index (χ0n) is 14.2. The number of carbonyl (C=O) groups is 2. The summed E-state index contributed by atoms with van der Waals surface area (Å²) in [7, 11) is 0. The summed E-state index contributed by atoms with van der Waals surface area (Å²) in [6.07, 6.45) is 1.95. The summed E-state index contributed by atoms with van der Waals surface area (Å²) in [6.45, 7) is 0.325. The van der Waals surface area contributed by atoms with Crippen LogP contribution in [0.1, 0.15) is 10.4 Å². The number of nitrogens with one attached hydrogen (secondary N) is 2. The molecule has 0 radical (unpaired) electrons. The molecule has 1 amide bonds. The number of hydrogen-bond acceptors (Lipinski definition) is 5. The van der Waals surface area contributed by atoms with E-state index in [1.54, 1.807) is 29.3 Å². The molecule has 0 atom stereocenters. The number of para-hydroxylation sites is 1. The lowest BCUT2D eigenvalue weighted by Crippen LogP contribution is -2.30. The predicted octanol–water partition coefficient (Wildman–Crippen LogP) is 3.36. The molecule has 0 fully saturated rings. The van der Waals surface area contributed by atoms with E-state index in [9.17, 15) is 9.59 Å². The minimum absolute atomic E-state index is 0.147. The monoisotopic (exact) mass is 388 g/mol. The molecule has 0 spiro atoms. The summed E-state index contributed by atoms with van der Waals surface area (Å²) in [5.74, 6) is 1.10. The first-order valence-electron chi connectivity index (χ1n) is 8.30. The normalized spacial score (nSPS) is 10.8. The van der Waals surface area contributed by atoms with Crippen molar-refractivity contribution in [3.05, 3.63) is 58.4 Å². The van der Waals surface area contributed by atoms with Gasteiger partial charge < -0.3 is 15.0 Å². The smallest absolute Gasteiger partial charge is 0.310 e. The van der Waals surface area contributed by atoms with E-state index in [2.05, 4.69) is 21.7 Å². The minimum Gasteiger partial charge on any atom is -0.455 e. The summed E-state index contributed by atoms with van der Waals surface area (Å²) in [4.78, 5) is 28.1. The number of aromatic amines is 1. The number of ether oxygens (including phenoxy) is 1. The Bertz CT molecular complexity index is 859. The Labute approximate surface area is 160 Å². The highest BCUT2D eigenvalue weighted by Gasteiger charge is 2.11. The zero-order chi connectivity index (χ0) is 18.2. The second kappa shape index (κ2) is 9.45. The topological polar surface area (TPSA) is 71.2 Å². The van der Waals surface area contributed by atoms with Crippen molar-refractivity contribution in [1.82, 2.24) is 10.3 Å². The number of rotatable bonds is 9. The Morgan fingerprint density at radius 1 is 1.19 bits per heavy atom. The third kappa shape index (κ3) is 5.37. The molecule has 1 aromatic carbocycles. The molecule has 136 valence electrons. The number of fused-ring (bicyclic) bond motifs is 1. The lowest BCUT2D eigenvalue weighted by atomic mass is 10.1. The van der Waals surface area contributed by atoms with Gasteiger partial charge in [-0.15, -0.1) is 11.3 Å². The van der Waals surface area contributed by atoms with E-state index >= 15 is 0 Å². The van der Waals surface area contributed by atoms with Gasteiger partial charge in [0.25, 0.3) is 5.91 Å². The van der Waals surface area contributed by atoms with Crippen molar-refractivity contribution in [3.63, 3.8) is 0 Å². The van der Waals surface area contributed by atoms with Gasteiger partial charge in [0.1, 0.15) is 0 Å². The predicted molar refractivity (Wildman–Crippen MR) is 106 cm³/mol. The molecular weight excluding hydrogens is 368 g/mol. The fourth-order valence-corrected chi connectivity index (χ4v) is 4.21. The van der Waals surface area contributed by atoms with Crippen molar-refractivity contribution in [3.8, 4) is 0 Å². The van der Waals surface area contributed by atoms with Crippen molar-refractivity contribution < 1.29 is 14.3 Å². The summed E-state index contributed by atoms with van der Waals surface area (Å²) in [5, 5.41) is 5.82. The quantitative estimate of drug-likeness (QED) is 0.436. The second-order valence-electron chi connectivity index (χ2n) is 5.68. The van der Waals surface area contributed by atoms with Gasteiger partial charge in [-0.25, -0.2) is 0 Å². The van der Waals surface area contributed by atoms with Crippen LogP contribution in [0.4, 0.5) is 0 Å². The first-order chi connectivity index (χ1) is 12.7. The molecule has 0 bridgehead atoms. The van der Waals surface area contributed by atoms with Crippen molar-refractivity contribution >= 4 is 45.9 Å². The van der Waals surface area contributed by atoms with Crippen molar-refractivity contribution in [2.24, 2.45) is 0 Å². The molecule has 5 nitrogen and oxygen atoms in total. The number of benzene rings is 1. The van der Waals surface area contributed by atoms with Crippen LogP contribution < -0.4 is 5.32 Å². The molecule has 0 unspecified atom stereocenters. The van der Waals surface area contributed by atoms with Gasteiger partial charge in [-0.05, 0) is 23.1 Å². The maximum absolute atomic E-state index is 11.9. The third-order valence-electron chi connectivity index (χ3n) is 3.77. The van der Waals surface area contributed by atoms with Crippen LogP contribution in [-0.4, -0.2) is 35.8 Å². The Kier molecular flexibility index (Phi) is 6.74. The first-order valence-corrected chi connectivity index (χ1v) is 10.3. The molecule has 2 heterocycles. The average molecular weight is 389 g/mol. The van der Waals surface area contributed by atoms with Crippen LogP contribution in [-0.2, 0) is 26.5 Å². The molecule has 3 aromatic rings. The van der Waals surface area contributed by atoms with Gasteiger partial charge in [0.2, 0.25) is 0 Å². The van der Waals surface area contributed by atoms with E-state index in [0.717, 1.165) is 28.0 Å². The van der Waals surface area contributed by atoms with Gasteiger partial charge in [-0.1, -0.05) is 24.3 Å². The summed E-state index contributed by atoms with van der Waals surface area (Å²) in [6, 6.07) is 11.9. The van der Waals surface area contributed by atoms with E-state index in [4.69, 9.17) is 4.74 Å².